The van der Waals surface area contributed by atoms with E-state index in [0.29, 0.717) is 0 Å². The van der Waals surface area contributed by atoms with Crippen LogP contribution in [-0.2, 0) is 9.53 Å². The first-order chi connectivity index (χ1) is 11.0. The lowest BCUT2D eigenvalue weighted by Crippen LogP contribution is -2.55. The number of carboxylic acid groups (broad SMARTS) is 1. The lowest BCUT2D eigenvalue weighted by atomic mass is 9.67. The minimum Gasteiger partial charge on any atom is -0.481 e. The van der Waals surface area contributed by atoms with Crippen molar-refractivity contribution in [2.24, 2.45) is 5.92 Å². The van der Waals surface area contributed by atoms with E-state index < -0.39 is 5.97 Å². The molecule has 0 aromatic heterocycles. The highest BCUT2D eigenvalue weighted by Gasteiger charge is 2.44. The van der Waals surface area contributed by atoms with Crippen LogP contribution in [0, 0.1) is 5.92 Å². The molecule has 0 amide bonds. The van der Waals surface area contributed by atoms with Gasteiger partial charge in [-0.05, 0) is 49.8 Å². The number of morpholine rings is 1. The number of ether oxygens (including phenoxy) is 1. The Morgan fingerprint density at radius 1 is 1.30 bits per heavy atom. The number of benzene rings is 1. The molecule has 1 aliphatic carbocycles. The third-order valence-corrected chi connectivity index (χ3v) is 6.06. The molecule has 4 nitrogen and oxygen atoms in total. The van der Waals surface area contributed by atoms with Gasteiger partial charge in [0.15, 0.2) is 0 Å². The Kier molecular flexibility index (Phi) is 5.09. The van der Waals surface area contributed by atoms with E-state index in [9.17, 15) is 9.90 Å². The van der Waals surface area contributed by atoms with Crippen LogP contribution in [0.25, 0.3) is 0 Å². The Balaban J connectivity index is 1.85. The number of carboxylic acids is 1. The average molecular weight is 382 g/mol. The Labute approximate surface area is 145 Å². The van der Waals surface area contributed by atoms with E-state index in [1.807, 2.05) is 12.1 Å². The molecule has 0 bridgehead atoms. The molecule has 0 radical (unpaired) electrons. The van der Waals surface area contributed by atoms with Crippen LogP contribution in [-0.4, -0.2) is 47.8 Å². The van der Waals surface area contributed by atoms with Crippen LogP contribution in [0.3, 0.4) is 0 Å². The zero-order chi connectivity index (χ0) is 16.4. The lowest BCUT2D eigenvalue weighted by Gasteiger charge is -2.49. The highest BCUT2D eigenvalue weighted by molar-refractivity contribution is 9.10. The summed E-state index contributed by atoms with van der Waals surface area (Å²) in [6.45, 7) is 5.74. The van der Waals surface area contributed by atoms with Gasteiger partial charge in [-0.1, -0.05) is 28.1 Å². The van der Waals surface area contributed by atoms with Crippen LogP contribution < -0.4 is 0 Å². The molecule has 2 aliphatic rings. The minimum absolute atomic E-state index is 0.0630. The second kappa shape index (κ2) is 6.91. The molecule has 1 saturated carbocycles. The van der Waals surface area contributed by atoms with Crippen molar-refractivity contribution in [2.75, 3.05) is 26.3 Å². The van der Waals surface area contributed by atoms with Gasteiger partial charge >= 0.3 is 5.97 Å². The van der Waals surface area contributed by atoms with Gasteiger partial charge in [-0.15, -0.1) is 0 Å². The molecule has 1 aromatic rings. The molecular formula is C18H24BrNO3. The first kappa shape index (κ1) is 16.9. The molecule has 2 fully saturated rings. The summed E-state index contributed by atoms with van der Waals surface area (Å²) in [4.78, 5) is 14.2. The summed E-state index contributed by atoms with van der Waals surface area (Å²) >= 11 is 3.46. The van der Waals surface area contributed by atoms with Crippen molar-refractivity contribution in [1.82, 2.24) is 4.90 Å². The zero-order valence-electron chi connectivity index (χ0n) is 13.5. The standard InChI is InChI=1S/C18H24BrNO3/c1-18(20-8-10-23-11-9-20)7-6-15(17(21)22)16(12-18)13-2-4-14(19)5-3-13/h2-5,15-16H,6-12H2,1H3,(H,21,22)/t15-,16+,18?/m1/s1. The molecule has 1 saturated heterocycles. The summed E-state index contributed by atoms with van der Waals surface area (Å²) in [7, 11) is 0. The number of rotatable bonds is 3. The molecule has 1 aliphatic heterocycles. The summed E-state index contributed by atoms with van der Waals surface area (Å²) in [6.07, 6.45) is 2.58. The topological polar surface area (TPSA) is 49.8 Å². The van der Waals surface area contributed by atoms with Crippen LogP contribution in [0.15, 0.2) is 28.7 Å². The summed E-state index contributed by atoms with van der Waals surface area (Å²) in [6, 6.07) is 8.15. The number of aliphatic carboxylic acids is 1. The van der Waals surface area contributed by atoms with Gasteiger partial charge in [0.05, 0.1) is 19.1 Å². The summed E-state index contributed by atoms with van der Waals surface area (Å²) in [5.41, 5.74) is 1.20. The average Bonchev–Trinajstić information content (AvgIpc) is 2.56. The van der Waals surface area contributed by atoms with Crippen molar-refractivity contribution in [3.05, 3.63) is 34.3 Å². The van der Waals surface area contributed by atoms with Crippen molar-refractivity contribution < 1.29 is 14.6 Å². The van der Waals surface area contributed by atoms with Gasteiger partial charge in [0.2, 0.25) is 0 Å². The van der Waals surface area contributed by atoms with Crippen LogP contribution in [0.1, 0.15) is 37.7 Å². The Bertz CT molecular complexity index is 556. The van der Waals surface area contributed by atoms with Gasteiger partial charge in [-0.2, -0.15) is 0 Å². The third kappa shape index (κ3) is 3.62. The zero-order valence-corrected chi connectivity index (χ0v) is 15.1. The molecule has 1 heterocycles. The van der Waals surface area contributed by atoms with E-state index in [-0.39, 0.29) is 17.4 Å². The van der Waals surface area contributed by atoms with Gasteiger partial charge < -0.3 is 9.84 Å². The quantitative estimate of drug-likeness (QED) is 0.869. The Hall–Kier alpha value is -0.910. The number of carbonyl (C=O) groups is 1. The molecule has 5 heteroatoms. The minimum atomic E-state index is -0.665. The Morgan fingerprint density at radius 3 is 2.57 bits per heavy atom. The van der Waals surface area contributed by atoms with Crippen molar-refractivity contribution in [1.29, 1.82) is 0 Å². The predicted molar refractivity (Wildman–Crippen MR) is 92.7 cm³/mol. The summed E-state index contributed by atoms with van der Waals surface area (Å²) in [5.74, 6) is -0.880. The second-order valence-electron chi connectivity index (χ2n) is 6.94. The van der Waals surface area contributed by atoms with E-state index in [4.69, 9.17) is 4.74 Å². The van der Waals surface area contributed by atoms with E-state index in [1.54, 1.807) is 0 Å². The van der Waals surface area contributed by atoms with Gasteiger partial charge in [0.1, 0.15) is 0 Å². The summed E-state index contributed by atoms with van der Waals surface area (Å²) < 4.78 is 6.51. The number of halogens is 1. The van der Waals surface area contributed by atoms with E-state index in [0.717, 1.165) is 55.6 Å². The fourth-order valence-corrected chi connectivity index (χ4v) is 4.40. The lowest BCUT2D eigenvalue weighted by molar-refractivity contribution is -0.145. The first-order valence-electron chi connectivity index (χ1n) is 8.31. The SMILES string of the molecule is CC1(N2CCOCC2)CC[C@@H](C(=O)O)[C@H](c2ccc(Br)cc2)C1. The van der Waals surface area contributed by atoms with E-state index >= 15 is 0 Å². The predicted octanol–water partition coefficient (Wildman–Crippen LogP) is 3.51. The molecule has 0 spiro atoms. The van der Waals surface area contributed by atoms with Crippen molar-refractivity contribution >= 4 is 21.9 Å². The van der Waals surface area contributed by atoms with Crippen molar-refractivity contribution in [2.45, 2.75) is 37.6 Å². The van der Waals surface area contributed by atoms with Crippen LogP contribution in [0.5, 0.6) is 0 Å². The fourth-order valence-electron chi connectivity index (χ4n) is 4.13. The molecule has 1 aromatic carbocycles. The molecule has 1 unspecified atom stereocenters. The van der Waals surface area contributed by atoms with Crippen molar-refractivity contribution in [3.8, 4) is 0 Å². The van der Waals surface area contributed by atoms with E-state index in [2.05, 4.69) is 39.9 Å². The smallest absolute Gasteiger partial charge is 0.307 e. The highest BCUT2D eigenvalue weighted by Crippen LogP contribution is 2.45. The van der Waals surface area contributed by atoms with Gasteiger partial charge in [0.25, 0.3) is 0 Å². The largest absolute Gasteiger partial charge is 0.481 e. The third-order valence-electron chi connectivity index (χ3n) is 5.53. The number of hydrogen-bond donors (Lipinski definition) is 1. The highest BCUT2D eigenvalue weighted by atomic mass is 79.9. The van der Waals surface area contributed by atoms with Gasteiger partial charge in [-0.25, -0.2) is 0 Å². The maximum Gasteiger partial charge on any atom is 0.307 e. The molecular weight excluding hydrogens is 358 g/mol. The molecule has 3 atom stereocenters. The molecule has 126 valence electrons. The van der Waals surface area contributed by atoms with Crippen LogP contribution in [0.4, 0.5) is 0 Å². The second-order valence-corrected chi connectivity index (χ2v) is 7.86. The molecule has 1 N–H and O–H groups in total. The van der Waals surface area contributed by atoms with Gasteiger partial charge in [0, 0.05) is 23.1 Å². The van der Waals surface area contributed by atoms with E-state index in [1.165, 1.54) is 0 Å². The fraction of sp³-hybridized carbons (Fsp3) is 0.611. The first-order valence-corrected chi connectivity index (χ1v) is 9.10. The monoisotopic (exact) mass is 381 g/mol. The molecule has 23 heavy (non-hydrogen) atoms. The van der Waals surface area contributed by atoms with Crippen molar-refractivity contribution in [3.63, 3.8) is 0 Å². The van der Waals surface area contributed by atoms with Crippen LogP contribution >= 0.6 is 15.9 Å². The maximum absolute atomic E-state index is 11.7. The number of hydrogen-bond acceptors (Lipinski definition) is 3. The maximum atomic E-state index is 11.7. The number of nitrogens with zero attached hydrogens (tertiary/aromatic N) is 1. The Morgan fingerprint density at radius 2 is 1.96 bits per heavy atom. The van der Waals surface area contributed by atoms with Gasteiger partial charge in [-0.3, -0.25) is 9.69 Å². The molecule has 3 rings (SSSR count). The summed E-state index contributed by atoms with van der Waals surface area (Å²) in [5, 5.41) is 9.66. The van der Waals surface area contributed by atoms with Crippen LogP contribution in [0.2, 0.25) is 0 Å². The normalized spacial score (nSPS) is 32.6.